The first kappa shape index (κ1) is 36.5. The van der Waals surface area contributed by atoms with Gasteiger partial charge in [-0.2, -0.15) is 18.4 Å². The van der Waals surface area contributed by atoms with Crippen LogP contribution in [-0.2, 0) is 20.1 Å². The summed E-state index contributed by atoms with van der Waals surface area (Å²) in [4.78, 5) is 43.9. The van der Waals surface area contributed by atoms with Crippen molar-refractivity contribution in [2.75, 3.05) is 23.4 Å². The van der Waals surface area contributed by atoms with Crippen LogP contribution >= 0.6 is 0 Å². The first-order valence-electron chi connectivity index (χ1n) is 16.1. The zero-order valence-electron chi connectivity index (χ0n) is 28.8. The molecule has 278 valence electrons. The molecule has 0 amide bonds. The van der Waals surface area contributed by atoms with E-state index in [-0.39, 0.29) is 39.5 Å². The Kier molecular flexibility index (Phi) is 9.61. The highest BCUT2D eigenvalue weighted by atomic mass is 32.2. The molecule has 3 aromatic heterocycles. The van der Waals surface area contributed by atoms with Crippen molar-refractivity contribution in [2.45, 2.75) is 4.90 Å². The van der Waals surface area contributed by atoms with Gasteiger partial charge in [-0.05, 0) is 84.9 Å². The smallest absolute Gasteiger partial charge is 0.330 e. The Bertz CT molecular complexity index is 2990. The van der Waals surface area contributed by atoms with E-state index >= 15 is 0 Å². The topological polar surface area (TPSA) is 235 Å². The van der Waals surface area contributed by atoms with Gasteiger partial charge in [0.25, 0.3) is 10.1 Å². The van der Waals surface area contributed by atoms with E-state index in [9.17, 15) is 26.4 Å². The molecule has 0 saturated carbocycles. The monoisotopic (exact) mass is 779 g/mol. The van der Waals surface area contributed by atoms with Gasteiger partial charge in [0.05, 0.1) is 29.3 Å². The maximum Gasteiger partial charge on any atom is 0.330 e. The number of nitrogens with one attached hydrogen (secondary N) is 4. The molecule has 8 aromatic rings. The molecule has 0 aliphatic carbocycles. The maximum atomic E-state index is 12.8. The van der Waals surface area contributed by atoms with E-state index in [1.807, 2.05) is 36.4 Å². The van der Waals surface area contributed by atoms with Crippen LogP contribution in [0, 0.1) is 0 Å². The predicted molar refractivity (Wildman–Crippen MR) is 209 cm³/mol. The van der Waals surface area contributed by atoms with Crippen LogP contribution in [0.5, 0.6) is 17.8 Å². The average Bonchev–Trinajstić information content (AvgIpc) is 3.15. The van der Waals surface area contributed by atoms with E-state index in [4.69, 9.17) is 14.0 Å². The molecule has 0 unspecified atom stereocenters. The molecule has 0 atom stereocenters. The van der Waals surface area contributed by atoms with Crippen molar-refractivity contribution < 1.29 is 30.9 Å². The molecule has 0 fully saturated rings. The van der Waals surface area contributed by atoms with Gasteiger partial charge in [-0.1, -0.05) is 24.3 Å². The number of benzene rings is 5. The number of hydrogen-bond acceptors (Lipinski definition) is 12. The molecule has 0 aliphatic rings. The lowest BCUT2D eigenvalue weighted by Gasteiger charge is -2.10. The van der Waals surface area contributed by atoms with E-state index < -0.39 is 20.1 Å². The fourth-order valence-corrected chi connectivity index (χ4v) is 6.67. The fourth-order valence-electron chi connectivity index (χ4n) is 5.62. The van der Waals surface area contributed by atoms with Crippen molar-refractivity contribution in [1.29, 1.82) is 0 Å². The molecule has 0 saturated heterocycles. The van der Waals surface area contributed by atoms with Gasteiger partial charge in [-0.15, -0.1) is 4.98 Å². The van der Waals surface area contributed by atoms with Crippen molar-refractivity contribution in [3.05, 3.63) is 130 Å². The molecule has 0 spiro atoms. The highest BCUT2D eigenvalue weighted by molar-refractivity contribution is 7.92. The van der Waals surface area contributed by atoms with Crippen molar-refractivity contribution >= 4 is 81.1 Å². The Labute approximate surface area is 311 Å². The second-order valence-corrected chi connectivity index (χ2v) is 15.2. The zero-order chi connectivity index (χ0) is 38.9. The molecule has 8 rings (SSSR count). The maximum absolute atomic E-state index is 12.8. The number of nitrogens with zero attached hydrogens (tertiary/aromatic N) is 3. The zero-order valence-corrected chi connectivity index (χ0v) is 30.4. The van der Waals surface area contributed by atoms with E-state index in [0.29, 0.717) is 44.0 Å². The summed E-state index contributed by atoms with van der Waals surface area (Å²) in [6, 6.07) is 29.4. The third kappa shape index (κ3) is 8.20. The van der Waals surface area contributed by atoms with Crippen LogP contribution in [-0.4, -0.2) is 59.7 Å². The number of aromatic nitrogens is 5. The Balaban J connectivity index is 0.000000174. The fraction of sp³-hybridized carbons (Fsp3) is 0.0541. The van der Waals surface area contributed by atoms with Crippen LogP contribution in [0.25, 0.3) is 43.6 Å². The minimum Gasteiger partial charge on any atom is -0.467 e. The van der Waals surface area contributed by atoms with Crippen LogP contribution in [0.2, 0.25) is 0 Å². The Morgan fingerprint density at radius 2 is 1.13 bits per heavy atom. The number of pyridine rings is 2. The quantitative estimate of drug-likeness (QED) is 0.0919. The Morgan fingerprint density at radius 1 is 0.618 bits per heavy atom. The molecule has 0 bridgehead atoms. The highest BCUT2D eigenvalue weighted by Crippen LogP contribution is 2.25. The normalized spacial score (nSPS) is 11.6. The molecule has 5 aromatic carbocycles. The lowest BCUT2D eigenvalue weighted by molar-refractivity contribution is 0.360. The van der Waals surface area contributed by atoms with Crippen molar-refractivity contribution in [3.8, 4) is 17.8 Å². The second kappa shape index (κ2) is 14.5. The first-order chi connectivity index (χ1) is 26.2. The molecule has 55 heavy (non-hydrogen) atoms. The number of hydrogen-bond donors (Lipinski definition) is 5. The molecular formula is C37H29N7O9S2. The van der Waals surface area contributed by atoms with Crippen molar-refractivity contribution in [3.63, 3.8) is 0 Å². The van der Waals surface area contributed by atoms with E-state index in [2.05, 4.69) is 35.0 Å². The third-order valence-corrected chi connectivity index (χ3v) is 9.56. The number of methoxy groups -OCH3 is 1. The Hall–Kier alpha value is -6.89. The Morgan fingerprint density at radius 3 is 1.64 bits per heavy atom. The highest BCUT2D eigenvalue weighted by Gasteiger charge is 2.14. The van der Waals surface area contributed by atoms with Crippen molar-refractivity contribution in [2.24, 2.45) is 0 Å². The average molecular weight is 780 g/mol. The number of ether oxygens (including phenoxy) is 2. The van der Waals surface area contributed by atoms with Gasteiger partial charge < -0.3 is 24.8 Å². The second-order valence-electron chi connectivity index (χ2n) is 12.0. The minimum absolute atomic E-state index is 0.0322. The van der Waals surface area contributed by atoms with Crippen LogP contribution in [0.1, 0.15) is 0 Å². The SMILES string of the molecule is COc1nc(Nc2ccc(NS(C)(=O)=O)cc2)nc(Oc2ccc(S(=O)(=O)O)cc2)n1.O=c1c2ccccc2[nH]c2cc3c(=O)c4ccccc4[nH]c3cc12. The van der Waals surface area contributed by atoms with Gasteiger partial charge in [0.15, 0.2) is 10.9 Å². The third-order valence-electron chi connectivity index (χ3n) is 8.08. The molecule has 5 N–H and O–H groups in total. The van der Waals surface area contributed by atoms with E-state index in [0.717, 1.165) is 29.4 Å². The summed E-state index contributed by atoms with van der Waals surface area (Å²) in [6.45, 7) is 0. The summed E-state index contributed by atoms with van der Waals surface area (Å²) in [7, 11) is -6.35. The van der Waals surface area contributed by atoms with Crippen LogP contribution in [0.3, 0.4) is 0 Å². The summed E-state index contributed by atoms with van der Waals surface area (Å²) in [5.74, 6) is 0.294. The molecule has 0 aliphatic heterocycles. The van der Waals surface area contributed by atoms with Gasteiger partial charge in [-0.25, -0.2) is 8.42 Å². The summed E-state index contributed by atoms with van der Waals surface area (Å²) in [5, 5.41) is 5.36. The summed E-state index contributed by atoms with van der Waals surface area (Å²) in [5.41, 5.74) is 3.76. The van der Waals surface area contributed by atoms with Gasteiger partial charge >= 0.3 is 12.0 Å². The largest absolute Gasteiger partial charge is 0.467 e. The molecule has 18 heteroatoms. The van der Waals surface area contributed by atoms with Crippen LogP contribution in [0.4, 0.5) is 17.3 Å². The molecule has 0 radical (unpaired) electrons. The summed E-state index contributed by atoms with van der Waals surface area (Å²) < 4.78 is 66.7. The standard InChI is InChI=1S/C20H12N2O2.C17H17N5O7S2/c23-19-11-5-1-3-7-15(11)21-17-10-14-18(9-13(17)19)22-16-8-4-2-6-12(16)20(14)24;1-28-16-19-15(18-11-3-5-12(6-4-11)22-30(2,23)24)20-17(21-16)29-13-7-9-14(10-8-13)31(25,26)27/h1-10H,(H,21,23)(H,22,24);3-10,22H,1-2H3,(H,25,26,27)(H,18,19,20,21). The lowest BCUT2D eigenvalue weighted by atomic mass is 10.1. The van der Waals surface area contributed by atoms with E-state index in [1.165, 1.54) is 19.2 Å². The number of aromatic amines is 2. The molecule has 16 nitrogen and oxygen atoms in total. The van der Waals surface area contributed by atoms with Crippen LogP contribution < -0.4 is 30.4 Å². The van der Waals surface area contributed by atoms with Crippen molar-refractivity contribution in [1.82, 2.24) is 24.9 Å². The molecule has 3 heterocycles. The minimum atomic E-state index is -4.32. The number of sulfonamides is 1. The first-order valence-corrected chi connectivity index (χ1v) is 19.5. The molecular weight excluding hydrogens is 751 g/mol. The number of anilines is 3. The van der Waals surface area contributed by atoms with Gasteiger partial charge in [0.1, 0.15) is 5.75 Å². The summed E-state index contributed by atoms with van der Waals surface area (Å²) >= 11 is 0. The predicted octanol–water partition coefficient (Wildman–Crippen LogP) is 5.71. The van der Waals surface area contributed by atoms with Crippen LogP contribution in [0.15, 0.2) is 124 Å². The van der Waals surface area contributed by atoms with Gasteiger partial charge in [0, 0.05) is 44.0 Å². The van der Waals surface area contributed by atoms with E-state index in [1.54, 1.807) is 48.5 Å². The number of fused-ring (bicyclic) bond motifs is 4. The number of rotatable bonds is 8. The number of H-pyrrole nitrogens is 2. The number of para-hydroxylation sites is 2. The van der Waals surface area contributed by atoms with Gasteiger partial charge in [-0.3, -0.25) is 18.9 Å². The lowest BCUT2D eigenvalue weighted by Crippen LogP contribution is -2.09. The summed E-state index contributed by atoms with van der Waals surface area (Å²) in [6.07, 6.45) is 1.05. The van der Waals surface area contributed by atoms with Gasteiger partial charge in [0.2, 0.25) is 16.0 Å².